The highest BCUT2D eigenvalue weighted by Gasteiger charge is 2.19. The Morgan fingerprint density at radius 2 is 1.84 bits per heavy atom. The summed E-state index contributed by atoms with van der Waals surface area (Å²) >= 11 is 0. The van der Waals surface area contributed by atoms with E-state index in [0.717, 1.165) is 30.5 Å². The molecule has 0 unspecified atom stereocenters. The number of sulfone groups is 1. The second-order valence-corrected chi connectivity index (χ2v) is 7.06. The Morgan fingerprint density at radius 3 is 2.40 bits per heavy atom. The lowest BCUT2D eigenvalue weighted by atomic mass is 10.1. The van der Waals surface area contributed by atoms with Crippen LogP contribution in [-0.2, 0) is 9.84 Å². The van der Waals surface area contributed by atoms with E-state index in [9.17, 15) is 28.1 Å². The molecule has 0 aliphatic rings. The van der Waals surface area contributed by atoms with Crippen molar-refractivity contribution in [2.45, 2.75) is 4.90 Å². The number of carbonyl (C=O) groups excluding carboxylic acids is 1. The van der Waals surface area contributed by atoms with E-state index < -0.39 is 37.9 Å². The fourth-order valence-electron chi connectivity index (χ4n) is 1.99. The van der Waals surface area contributed by atoms with Gasteiger partial charge in [-0.3, -0.25) is 14.9 Å². The Hall–Kier alpha value is -3.27. The number of nitro groups is 1. The van der Waals surface area contributed by atoms with Crippen molar-refractivity contribution in [1.82, 2.24) is 0 Å². The zero-order chi connectivity index (χ0) is 18.8. The summed E-state index contributed by atoms with van der Waals surface area (Å²) in [5.74, 6) is -2.20. The van der Waals surface area contributed by atoms with Crippen molar-refractivity contribution >= 4 is 33.1 Å². The van der Waals surface area contributed by atoms with Crippen LogP contribution < -0.4 is 5.32 Å². The van der Waals surface area contributed by atoms with Crippen molar-refractivity contribution < 1.29 is 28.0 Å². The number of carbonyl (C=O) groups is 2. The fraction of sp³-hybridized carbons (Fsp3) is 0.0667. The second-order valence-electron chi connectivity index (χ2n) is 5.05. The first-order chi connectivity index (χ1) is 11.6. The maximum atomic E-state index is 12.3. The topological polar surface area (TPSA) is 144 Å². The number of amides is 1. The molecule has 2 aromatic rings. The number of nitrogens with zero attached hydrogens (tertiary/aromatic N) is 1. The number of anilines is 1. The molecule has 0 saturated heterocycles. The van der Waals surface area contributed by atoms with Crippen molar-refractivity contribution in [2.24, 2.45) is 0 Å². The third kappa shape index (κ3) is 4.18. The summed E-state index contributed by atoms with van der Waals surface area (Å²) in [5.41, 5.74) is -1.04. The molecule has 0 spiro atoms. The SMILES string of the molecule is CS(=O)(=O)c1cccc(C(=O)Nc2ccc([N+](=O)[O-])cc2C(=O)O)c1. The maximum Gasteiger partial charge on any atom is 0.338 e. The number of benzene rings is 2. The average molecular weight is 364 g/mol. The molecule has 10 heteroatoms. The lowest BCUT2D eigenvalue weighted by molar-refractivity contribution is -0.384. The van der Waals surface area contributed by atoms with Gasteiger partial charge in [0.25, 0.3) is 11.6 Å². The van der Waals surface area contributed by atoms with Crippen LogP contribution in [-0.4, -0.2) is 36.6 Å². The zero-order valence-electron chi connectivity index (χ0n) is 12.8. The lowest BCUT2D eigenvalue weighted by Gasteiger charge is -2.09. The lowest BCUT2D eigenvalue weighted by Crippen LogP contribution is -2.15. The van der Waals surface area contributed by atoms with Crippen molar-refractivity contribution in [3.63, 3.8) is 0 Å². The summed E-state index contributed by atoms with van der Waals surface area (Å²) in [7, 11) is -3.52. The van der Waals surface area contributed by atoms with Gasteiger partial charge < -0.3 is 10.4 Å². The van der Waals surface area contributed by atoms with Gasteiger partial charge in [-0.15, -0.1) is 0 Å². The third-order valence-electron chi connectivity index (χ3n) is 3.22. The van der Waals surface area contributed by atoms with Crippen molar-refractivity contribution in [3.8, 4) is 0 Å². The van der Waals surface area contributed by atoms with Crippen LogP contribution in [0.15, 0.2) is 47.4 Å². The summed E-state index contributed by atoms with van der Waals surface area (Å²) < 4.78 is 23.1. The molecular formula is C15H12N2O7S. The molecule has 2 rings (SSSR count). The highest BCUT2D eigenvalue weighted by molar-refractivity contribution is 7.90. The van der Waals surface area contributed by atoms with Gasteiger partial charge in [0, 0.05) is 24.0 Å². The van der Waals surface area contributed by atoms with Crippen molar-refractivity contribution in [3.05, 3.63) is 63.7 Å². The van der Waals surface area contributed by atoms with Gasteiger partial charge in [-0.25, -0.2) is 13.2 Å². The van der Waals surface area contributed by atoms with Crippen LogP contribution >= 0.6 is 0 Å². The van der Waals surface area contributed by atoms with Crippen molar-refractivity contribution in [1.29, 1.82) is 0 Å². The van der Waals surface area contributed by atoms with Crippen LogP contribution in [0.4, 0.5) is 11.4 Å². The molecule has 2 aromatic carbocycles. The van der Waals surface area contributed by atoms with E-state index in [1.807, 2.05) is 0 Å². The minimum Gasteiger partial charge on any atom is -0.478 e. The summed E-state index contributed by atoms with van der Waals surface area (Å²) in [6, 6.07) is 8.17. The van der Waals surface area contributed by atoms with Gasteiger partial charge in [0.2, 0.25) is 0 Å². The van der Waals surface area contributed by atoms with Crippen LogP contribution in [0.2, 0.25) is 0 Å². The molecule has 0 aliphatic carbocycles. The van der Waals surface area contributed by atoms with Gasteiger partial charge in [0.05, 0.1) is 21.1 Å². The van der Waals surface area contributed by atoms with Gasteiger partial charge in [-0.05, 0) is 24.3 Å². The quantitative estimate of drug-likeness (QED) is 0.609. The van der Waals surface area contributed by atoms with Gasteiger partial charge in [-0.2, -0.15) is 0 Å². The molecule has 0 radical (unpaired) electrons. The number of rotatable bonds is 5. The molecule has 0 bridgehead atoms. The number of non-ortho nitro benzene ring substituents is 1. The zero-order valence-corrected chi connectivity index (χ0v) is 13.6. The molecule has 0 fully saturated rings. The fourth-order valence-corrected chi connectivity index (χ4v) is 2.66. The van der Waals surface area contributed by atoms with E-state index in [-0.39, 0.29) is 16.1 Å². The highest BCUT2D eigenvalue weighted by Crippen LogP contribution is 2.23. The van der Waals surface area contributed by atoms with E-state index in [4.69, 9.17) is 5.11 Å². The molecule has 0 atom stereocenters. The second kappa shape index (κ2) is 6.69. The number of aromatic carboxylic acids is 1. The largest absolute Gasteiger partial charge is 0.478 e. The van der Waals surface area contributed by atoms with Crippen LogP contribution in [0.1, 0.15) is 20.7 Å². The molecule has 25 heavy (non-hydrogen) atoms. The Bertz CT molecular complexity index is 983. The van der Waals surface area contributed by atoms with Crippen LogP contribution in [0.25, 0.3) is 0 Å². The summed E-state index contributed by atoms with van der Waals surface area (Å²) in [6.07, 6.45) is 0.989. The first kappa shape index (κ1) is 18.1. The Balaban J connectivity index is 2.38. The van der Waals surface area contributed by atoms with Gasteiger partial charge in [-0.1, -0.05) is 6.07 Å². The standard InChI is InChI=1S/C15H12N2O7S/c1-25(23,24)11-4-2-3-9(7-11)14(18)16-13-6-5-10(17(21)22)8-12(13)15(19)20/h2-8H,1H3,(H,16,18)(H,19,20). The average Bonchev–Trinajstić information content (AvgIpc) is 2.54. The summed E-state index contributed by atoms with van der Waals surface area (Å²) in [4.78, 5) is 33.4. The Kier molecular flexibility index (Phi) is 4.84. The molecule has 1 amide bonds. The van der Waals surface area contributed by atoms with E-state index >= 15 is 0 Å². The molecule has 0 heterocycles. The molecule has 130 valence electrons. The van der Waals surface area contributed by atoms with E-state index in [1.54, 1.807) is 0 Å². The van der Waals surface area contributed by atoms with Gasteiger partial charge >= 0.3 is 5.97 Å². The number of hydrogen-bond donors (Lipinski definition) is 2. The molecular weight excluding hydrogens is 352 g/mol. The predicted octanol–water partition coefficient (Wildman–Crippen LogP) is 1.95. The number of nitro benzene ring substituents is 1. The molecule has 0 aromatic heterocycles. The molecule has 0 saturated carbocycles. The van der Waals surface area contributed by atoms with Gasteiger partial charge in [0.1, 0.15) is 0 Å². The van der Waals surface area contributed by atoms with Crippen LogP contribution in [0.5, 0.6) is 0 Å². The normalized spacial score (nSPS) is 10.9. The summed E-state index contributed by atoms with van der Waals surface area (Å²) in [6.45, 7) is 0. The smallest absolute Gasteiger partial charge is 0.338 e. The van der Waals surface area contributed by atoms with Crippen LogP contribution in [0.3, 0.4) is 0 Å². The van der Waals surface area contributed by atoms with Crippen LogP contribution in [0, 0.1) is 10.1 Å². The molecule has 2 N–H and O–H groups in total. The third-order valence-corrected chi connectivity index (χ3v) is 4.33. The first-order valence-electron chi connectivity index (χ1n) is 6.73. The summed E-state index contributed by atoms with van der Waals surface area (Å²) in [5, 5.41) is 22.2. The molecule has 0 aliphatic heterocycles. The minimum absolute atomic E-state index is 0.00221. The monoisotopic (exact) mass is 364 g/mol. The highest BCUT2D eigenvalue weighted by atomic mass is 32.2. The predicted molar refractivity (Wildman–Crippen MR) is 87.6 cm³/mol. The Labute approximate surface area is 142 Å². The van der Waals surface area contributed by atoms with Crippen molar-refractivity contribution in [2.75, 3.05) is 11.6 Å². The number of carboxylic acids is 1. The number of nitrogens with one attached hydrogen (secondary N) is 1. The first-order valence-corrected chi connectivity index (χ1v) is 8.62. The number of carboxylic acid groups (broad SMARTS) is 1. The van der Waals surface area contributed by atoms with Gasteiger partial charge in [0.15, 0.2) is 9.84 Å². The van der Waals surface area contributed by atoms with E-state index in [0.29, 0.717) is 0 Å². The minimum atomic E-state index is -3.52. The van der Waals surface area contributed by atoms with E-state index in [1.165, 1.54) is 18.2 Å². The van der Waals surface area contributed by atoms with E-state index in [2.05, 4.69) is 5.32 Å². The Morgan fingerprint density at radius 1 is 1.16 bits per heavy atom. The number of hydrogen-bond acceptors (Lipinski definition) is 6. The molecule has 9 nitrogen and oxygen atoms in total. The maximum absolute atomic E-state index is 12.3.